The smallest absolute Gasteiger partial charge is 0.311 e. The zero-order valence-electron chi connectivity index (χ0n) is 17.3. The van der Waals surface area contributed by atoms with Crippen molar-refractivity contribution in [2.75, 3.05) is 0 Å². The van der Waals surface area contributed by atoms with Crippen LogP contribution in [0.1, 0.15) is 70.7 Å². The molecule has 0 saturated heterocycles. The molecule has 1 aliphatic rings. The van der Waals surface area contributed by atoms with E-state index in [4.69, 9.17) is 9.47 Å². The molecule has 0 aliphatic carbocycles. The first-order valence-electron chi connectivity index (χ1n) is 9.71. The number of esters is 1. The van der Waals surface area contributed by atoms with Gasteiger partial charge in [0, 0.05) is 17.5 Å². The Labute approximate surface area is 167 Å². The molecular weight excluding hydrogens is 350 g/mol. The fourth-order valence-electron chi connectivity index (χ4n) is 3.76. The number of benzene rings is 1. The molecule has 0 saturated carbocycles. The standard InChI is InChI=1S/C24H27NO3/c1-6-7-22(26)27-19-12-11-18(25-15-19)10-8-17-9-13-21-20(14-17)23(2,3)16-24(4,5)28-21/h9,11-15H,6-7,16H2,1-5H3. The van der Waals surface area contributed by atoms with E-state index in [1.54, 1.807) is 12.1 Å². The van der Waals surface area contributed by atoms with Crippen LogP contribution in [-0.4, -0.2) is 16.6 Å². The van der Waals surface area contributed by atoms with Gasteiger partial charge >= 0.3 is 5.97 Å². The third-order valence-electron chi connectivity index (χ3n) is 4.72. The van der Waals surface area contributed by atoms with Gasteiger partial charge in [-0.25, -0.2) is 4.98 Å². The molecule has 0 spiro atoms. The van der Waals surface area contributed by atoms with E-state index in [9.17, 15) is 4.79 Å². The van der Waals surface area contributed by atoms with Crippen LogP contribution in [0.2, 0.25) is 0 Å². The Kier molecular flexibility index (Phi) is 5.47. The number of hydrogen-bond donors (Lipinski definition) is 0. The summed E-state index contributed by atoms with van der Waals surface area (Å²) in [5, 5.41) is 0. The fourth-order valence-corrected chi connectivity index (χ4v) is 3.76. The number of nitrogens with zero attached hydrogens (tertiary/aromatic N) is 1. The molecule has 0 fully saturated rings. The lowest BCUT2D eigenvalue weighted by atomic mass is 9.73. The van der Waals surface area contributed by atoms with E-state index in [1.165, 1.54) is 11.8 Å². The average Bonchev–Trinajstić information content (AvgIpc) is 2.60. The van der Waals surface area contributed by atoms with Gasteiger partial charge in [-0.15, -0.1) is 0 Å². The Morgan fingerprint density at radius 2 is 1.96 bits per heavy atom. The van der Waals surface area contributed by atoms with Gasteiger partial charge in [0.1, 0.15) is 22.8 Å². The molecule has 0 unspecified atom stereocenters. The maximum Gasteiger partial charge on any atom is 0.311 e. The minimum atomic E-state index is -0.245. The zero-order valence-corrected chi connectivity index (χ0v) is 17.3. The number of hydrogen-bond acceptors (Lipinski definition) is 4. The molecule has 0 N–H and O–H groups in total. The largest absolute Gasteiger partial charge is 0.488 e. The van der Waals surface area contributed by atoms with Gasteiger partial charge in [0.05, 0.1) is 6.20 Å². The highest BCUT2D eigenvalue weighted by atomic mass is 16.5. The van der Waals surface area contributed by atoms with Crippen molar-refractivity contribution in [3.05, 3.63) is 53.3 Å². The van der Waals surface area contributed by atoms with E-state index in [1.807, 2.05) is 19.1 Å². The SMILES string of the molecule is CCCC(=O)Oc1ccc(C#Cc2ccc3c(c2)C(C)(C)CC(C)(C)O3)nc1. The maximum atomic E-state index is 11.5. The summed E-state index contributed by atoms with van der Waals surface area (Å²) < 4.78 is 11.3. The highest BCUT2D eigenvalue weighted by Crippen LogP contribution is 2.44. The first-order valence-corrected chi connectivity index (χ1v) is 9.71. The van der Waals surface area contributed by atoms with Crippen molar-refractivity contribution in [3.8, 4) is 23.3 Å². The van der Waals surface area contributed by atoms with Gasteiger partial charge in [-0.05, 0) is 68.4 Å². The van der Waals surface area contributed by atoms with E-state index < -0.39 is 0 Å². The van der Waals surface area contributed by atoms with Gasteiger partial charge in [-0.3, -0.25) is 4.79 Å². The van der Waals surface area contributed by atoms with Gasteiger partial charge < -0.3 is 9.47 Å². The summed E-state index contributed by atoms with van der Waals surface area (Å²) in [6.07, 6.45) is 3.64. The minimum Gasteiger partial charge on any atom is -0.488 e. The molecule has 3 rings (SSSR count). The summed E-state index contributed by atoms with van der Waals surface area (Å²) in [5.74, 6) is 7.38. The van der Waals surface area contributed by atoms with Crippen LogP contribution >= 0.6 is 0 Å². The lowest BCUT2D eigenvalue weighted by Gasteiger charge is -2.42. The second-order valence-corrected chi connectivity index (χ2v) is 8.49. The Hall–Kier alpha value is -2.80. The summed E-state index contributed by atoms with van der Waals surface area (Å²) in [7, 11) is 0. The van der Waals surface area contributed by atoms with Crippen molar-refractivity contribution < 1.29 is 14.3 Å². The molecule has 2 aromatic rings. The molecule has 0 atom stereocenters. The minimum absolute atomic E-state index is 0.0248. The van der Waals surface area contributed by atoms with E-state index in [0.717, 1.165) is 24.2 Å². The van der Waals surface area contributed by atoms with Gasteiger partial charge in [0.2, 0.25) is 0 Å². The quantitative estimate of drug-likeness (QED) is 0.556. The first kappa shape index (κ1) is 19.9. The highest BCUT2D eigenvalue weighted by Gasteiger charge is 2.38. The van der Waals surface area contributed by atoms with Crippen molar-refractivity contribution >= 4 is 5.97 Å². The van der Waals surface area contributed by atoms with Gasteiger partial charge in [0.25, 0.3) is 0 Å². The third kappa shape index (κ3) is 4.72. The van der Waals surface area contributed by atoms with Crippen LogP contribution in [0, 0.1) is 11.8 Å². The first-order chi connectivity index (χ1) is 13.2. The molecule has 0 amide bonds. The van der Waals surface area contributed by atoms with Crippen LogP contribution in [0.5, 0.6) is 11.5 Å². The molecule has 1 aromatic carbocycles. The number of fused-ring (bicyclic) bond motifs is 1. The number of aromatic nitrogens is 1. The van der Waals surface area contributed by atoms with E-state index in [-0.39, 0.29) is 17.0 Å². The summed E-state index contributed by atoms with van der Waals surface area (Å²) in [4.78, 5) is 15.8. The molecule has 2 heterocycles. The predicted octanol–water partition coefficient (Wildman–Crippen LogP) is 5.03. The number of ether oxygens (including phenoxy) is 2. The van der Waals surface area contributed by atoms with Crippen LogP contribution in [0.15, 0.2) is 36.5 Å². The molecular formula is C24H27NO3. The summed E-state index contributed by atoms with van der Waals surface area (Å²) in [6, 6.07) is 9.57. The van der Waals surface area contributed by atoms with Crippen LogP contribution in [-0.2, 0) is 10.2 Å². The van der Waals surface area contributed by atoms with Gasteiger partial charge in [-0.1, -0.05) is 26.7 Å². The second kappa shape index (κ2) is 7.67. The Morgan fingerprint density at radius 1 is 1.18 bits per heavy atom. The van der Waals surface area contributed by atoms with E-state index in [2.05, 4.69) is 50.6 Å². The van der Waals surface area contributed by atoms with Crippen molar-refractivity contribution in [1.29, 1.82) is 0 Å². The van der Waals surface area contributed by atoms with E-state index >= 15 is 0 Å². The molecule has 0 radical (unpaired) electrons. The molecule has 0 bridgehead atoms. The Balaban J connectivity index is 1.77. The lowest BCUT2D eigenvalue weighted by Crippen LogP contribution is -2.41. The van der Waals surface area contributed by atoms with Crippen LogP contribution in [0.3, 0.4) is 0 Å². The van der Waals surface area contributed by atoms with Crippen molar-refractivity contribution in [3.63, 3.8) is 0 Å². The van der Waals surface area contributed by atoms with Crippen molar-refractivity contribution in [2.45, 2.75) is 64.9 Å². The molecule has 4 nitrogen and oxygen atoms in total. The fraction of sp³-hybridized carbons (Fsp3) is 0.417. The molecule has 4 heteroatoms. The topological polar surface area (TPSA) is 48.4 Å². The molecule has 146 valence electrons. The predicted molar refractivity (Wildman–Crippen MR) is 110 cm³/mol. The number of carbonyl (C=O) groups is 1. The maximum absolute atomic E-state index is 11.5. The van der Waals surface area contributed by atoms with Crippen LogP contribution in [0.25, 0.3) is 0 Å². The molecule has 1 aliphatic heterocycles. The van der Waals surface area contributed by atoms with Crippen LogP contribution < -0.4 is 9.47 Å². The second-order valence-electron chi connectivity index (χ2n) is 8.49. The Bertz CT molecular complexity index is 931. The average molecular weight is 377 g/mol. The summed E-state index contributed by atoms with van der Waals surface area (Å²) in [6.45, 7) is 10.7. The number of pyridine rings is 1. The van der Waals surface area contributed by atoms with Crippen molar-refractivity contribution in [1.82, 2.24) is 4.98 Å². The van der Waals surface area contributed by atoms with Crippen molar-refractivity contribution in [2.24, 2.45) is 0 Å². The number of carbonyl (C=O) groups excluding carboxylic acids is 1. The summed E-state index contributed by atoms with van der Waals surface area (Å²) >= 11 is 0. The molecule has 28 heavy (non-hydrogen) atoms. The van der Waals surface area contributed by atoms with E-state index in [0.29, 0.717) is 17.9 Å². The Morgan fingerprint density at radius 3 is 2.64 bits per heavy atom. The third-order valence-corrected chi connectivity index (χ3v) is 4.72. The number of rotatable bonds is 3. The lowest BCUT2D eigenvalue weighted by molar-refractivity contribution is -0.134. The van der Waals surface area contributed by atoms with Gasteiger partial charge in [0.15, 0.2) is 0 Å². The highest BCUT2D eigenvalue weighted by molar-refractivity contribution is 5.72. The normalized spacial score (nSPS) is 16.2. The zero-order chi connectivity index (χ0) is 20.4. The summed E-state index contributed by atoms with van der Waals surface area (Å²) in [5.41, 5.74) is 2.59. The van der Waals surface area contributed by atoms with Gasteiger partial charge in [-0.2, -0.15) is 0 Å². The monoisotopic (exact) mass is 377 g/mol. The van der Waals surface area contributed by atoms with Crippen LogP contribution in [0.4, 0.5) is 0 Å². The molecule has 1 aromatic heterocycles.